The average Bonchev–Trinajstić information content (AvgIpc) is 2.27. The molecule has 102 valence electrons. The van der Waals surface area contributed by atoms with Crippen molar-refractivity contribution in [2.45, 2.75) is 32.9 Å². The van der Waals surface area contributed by atoms with Gasteiger partial charge in [0.2, 0.25) is 0 Å². The summed E-state index contributed by atoms with van der Waals surface area (Å²) in [6.45, 7) is 5.27. The molecule has 1 heterocycles. The molecule has 6 heteroatoms. The van der Waals surface area contributed by atoms with E-state index in [-0.39, 0.29) is 5.15 Å². The van der Waals surface area contributed by atoms with E-state index in [0.717, 1.165) is 25.0 Å². The van der Waals surface area contributed by atoms with Crippen LogP contribution in [0.1, 0.15) is 32.3 Å². The second-order valence-electron chi connectivity index (χ2n) is 4.02. The molecule has 0 aliphatic carbocycles. The summed E-state index contributed by atoms with van der Waals surface area (Å²) in [6.07, 6.45) is -2.71. The highest BCUT2D eigenvalue weighted by Crippen LogP contribution is 2.32. The van der Waals surface area contributed by atoms with Crippen molar-refractivity contribution in [3.05, 3.63) is 22.8 Å². The van der Waals surface area contributed by atoms with Crippen LogP contribution in [0.5, 0.6) is 0 Å². The second kappa shape index (κ2) is 6.27. The molecule has 2 nitrogen and oxygen atoms in total. The smallest absolute Gasteiger partial charge is 0.357 e. The van der Waals surface area contributed by atoms with E-state index in [4.69, 9.17) is 11.6 Å². The summed E-state index contributed by atoms with van der Waals surface area (Å²) >= 11 is 5.66. The Labute approximate surface area is 110 Å². The molecule has 1 aromatic rings. The molecule has 0 saturated carbocycles. The SMILES string of the molecule is CCCN(CCC)c1cc(C(F)(F)F)cc(Cl)n1. The number of hydrogen-bond acceptors (Lipinski definition) is 2. The minimum atomic E-state index is -4.40. The maximum atomic E-state index is 12.7. The maximum Gasteiger partial charge on any atom is 0.416 e. The predicted octanol–water partition coefficient (Wildman–Crippen LogP) is 4.38. The Morgan fingerprint density at radius 2 is 1.72 bits per heavy atom. The summed E-state index contributed by atoms with van der Waals surface area (Å²) in [7, 11) is 0. The molecule has 18 heavy (non-hydrogen) atoms. The van der Waals surface area contributed by atoms with Crippen molar-refractivity contribution in [3.63, 3.8) is 0 Å². The summed E-state index contributed by atoms with van der Waals surface area (Å²) in [4.78, 5) is 5.80. The summed E-state index contributed by atoms with van der Waals surface area (Å²) in [5.41, 5.74) is -0.755. The predicted molar refractivity (Wildman–Crippen MR) is 67.0 cm³/mol. The molecule has 1 rings (SSSR count). The van der Waals surface area contributed by atoms with Gasteiger partial charge in [0, 0.05) is 13.1 Å². The summed E-state index contributed by atoms with van der Waals surface area (Å²) in [5, 5.41) is -0.128. The van der Waals surface area contributed by atoms with E-state index in [1.165, 1.54) is 0 Å². The molecule has 0 aliphatic rings. The van der Waals surface area contributed by atoms with Crippen molar-refractivity contribution in [2.75, 3.05) is 18.0 Å². The van der Waals surface area contributed by atoms with Crippen LogP contribution in [0.25, 0.3) is 0 Å². The zero-order chi connectivity index (χ0) is 13.8. The number of halogens is 4. The quantitative estimate of drug-likeness (QED) is 0.744. The topological polar surface area (TPSA) is 16.1 Å². The third kappa shape index (κ3) is 4.05. The van der Waals surface area contributed by atoms with Crippen molar-refractivity contribution in [1.82, 2.24) is 4.98 Å². The van der Waals surface area contributed by atoms with Gasteiger partial charge >= 0.3 is 6.18 Å². The van der Waals surface area contributed by atoms with E-state index in [9.17, 15) is 13.2 Å². The lowest BCUT2D eigenvalue weighted by atomic mass is 10.2. The van der Waals surface area contributed by atoms with Gasteiger partial charge in [-0.05, 0) is 25.0 Å². The first-order chi connectivity index (χ1) is 8.38. The number of anilines is 1. The fraction of sp³-hybridized carbons (Fsp3) is 0.583. The molecule has 0 fully saturated rings. The van der Waals surface area contributed by atoms with Gasteiger partial charge in [0.05, 0.1) is 5.56 Å². The zero-order valence-electron chi connectivity index (χ0n) is 10.4. The molecule has 0 saturated heterocycles. The normalized spacial score (nSPS) is 11.7. The van der Waals surface area contributed by atoms with Crippen LogP contribution in [0, 0.1) is 0 Å². The van der Waals surface area contributed by atoms with Crippen molar-refractivity contribution in [3.8, 4) is 0 Å². The van der Waals surface area contributed by atoms with E-state index >= 15 is 0 Å². The van der Waals surface area contributed by atoms with E-state index in [1.807, 2.05) is 18.7 Å². The number of nitrogens with zero attached hydrogens (tertiary/aromatic N) is 2. The third-order valence-corrected chi connectivity index (χ3v) is 2.61. The van der Waals surface area contributed by atoms with Gasteiger partial charge in [0.1, 0.15) is 11.0 Å². The van der Waals surface area contributed by atoms with Crippen LogP contribution in [0.4, 0.5) is 19.0 Å². The molecule has 0 unspecified atom stereocenters. The maximum absolute atomic E-state index is 12.7. The first-order valence-electron chi connectivity index (χ1n) is 5.88. The van der Waals surface area contributed by atoms with Crippen LogP contribution in [0.2, 0.25) is 5.15 Å². The van der Waals surface area contributed by atoms with Crippen LogP contribution >= 0.6 is 11.6 Å². The lowest BCUT2D eigenvalue weighted by Gasteiger charge is -2.23. The number of rotatable bonds is 5. The molecule has 0 radical (unpaired) electrons. The zero-order valence-corrected chi connectivity index (χ0v) is 11.1. The minimum Gasteiger partial charge on any atom is -0.357 e. The van der Waals surface area contributed by atoms with E-state index in [2.05, 4.69) is 4.98 Å². The van der Waals surface area contributed by atoms with Gasteiger partial charge < -0.3 is 4.90 Å². The number of aromatic nitrogens is 1. The second-order valence-corrected chi connectivity index (χ2v) is 4.41. The molecule has 0 bridgehead atoms. The Hall–Kier alpha value is -0.970. The Morgan fingerprint density at radius 3 is 2.17 bits per heavy atom. The highest BCUT2D eigenvalue weighted by atomic mass is 35.5. The lowest BCUT2D eigenvalue weighted by Crippen LogP contribution is -2.26. The van der Waals surface area contributed by atoms with Gasteiger partial charge in [-0.25, -0.2) is 4.98 Å². The van der Waals surface area contributed by atoms with Gasteiger partial charge in [0.25, 0.3) is 0 Å². The number of pyridine rings is 1. The monoisotopic (exact) mass is 280 g/mol. The third-order valence-electron chi connectivity index (χ3n) is 2.42. The first-order valence-corrected chi connectivity index (χ1v) is 6.26. The minimum absolute atomic E-state index is 0.128. The van der Waals surface area contributed by atoms with Crippen LogP contribution in [-0.2, 0) is 6.18 Å². The van der Waals surface area contributed by atoms with E-state index in [0.29, 0.717) is 18.9 Å². The van der Waals surface area contributed by atoms with Crippen molar-refractivity contribution in [2.24, 2.45) is 0 Å². The Kier molecular flexibility index (Phi) is 5.26. The summed E-state index contributed by atoms with van der Waals surface area (Å²) in [5.74, 6) is 0.290. The van der Waals surface area contributed by atoms with Gasteiger partial charge in [-0.3, -0.25) is 0 Å². The van der Waals surface area contributed by atoms with Gasteiger partial charge in [0.15, 0.2) is 0 Å². The van der Waals surface area contributed by atoms with Crippen LogP contribution < -0.4 is 4.90 Å². The lowest BCUT2D eigenvalue weighted by molar-refractivity contribution is -0.137. The van der Waals surface area contributed by atoms with Gasteiger partial charge in [-0.1, -0.05) is 25.4 Å². The fourth-order valence-corrected chi connectivity index (χ4v) is 1.89. The van der Waals surface area contributed by atoms with E-state index in [1.54, 1.807) is 0 Å². The average molecular weight is 281 g/mol. The highest BCUT2D eigenvalue weighted by Gasteiger charge is 2.32. The van der Waals surface area contributed by atoms with E-state index < -0.39 is 11.7 Å². The fourth-order valence-electron chi connectivity index (χ4n) is 1.69. The largest absolute Gasteiger partial charge is 0.416 e. The summed E-state index contributed by atoms with van der Waals surface area (Å²) in [6, 6.07) is 1.90. The first kappa shape index (κ1) is 15.1. The molecular weight excluding hydrogens is 265 g/mol. The molecule has 0 spiro atoms. The van der Waals surface area contributed by atoms with Crippen molar-refractivity contribution in [1.29, 1.82) is 0 Å². The molecular formula is C12H16ClF3N2. The Balaban J connectivity index is 3.10. The molecule has 0 atom stereocenters. The van der Waals surface area contributed by atoms with Crippen LogP contribution in [0.3, 0.4) is 0 Å². The Bertz CT molecular complexity index is 387. The molecule has 0 aromatic carbocycles. The molecule has 1 aromatic heterocycles. The molecule has 0 aliphatic heterocycles. The van der Waals surface area contributed by atoms with Crippen molar-refractivity contribution >= 4 is 17.4 Å². The van der Waals surface area contributed by atoms with Gasteiger partial charge in [-0.2, -0.15) is 13.2 Å². The van der Waals surface area contributed by atoms with Crippen LogP contribution in [0.15, 0.2) is 12.1 Å². The molecule has 0 N–H and O–H groups in total. The highest BCUT2D eigenvalue weighted by molar-refractivity contribution is 6.29. The van der Waals surface area contributed by atoms with Crippen LogP contribution in [-0.4, -0.2) is 18.1 Å². The summed E-state index contributed by atoms with van der Waals surface area (Å²) < 4.78 is 38.0. The number of hydrogen-bond donors (Lipinski definition) is 0. The van der Waals surface area contributed by atoms with Gasteiger partial charge in [-0.15, -0.1) is 0 Å². The van der Waals surface area contributed by atoms with Crippen molar-refractivity contribution < 1.29 is 13.2 Å². The molecule has 0 amide bonds. The number of alkyl halides is 3. The standard InChI is InChI=1S/C12H16ClF3N2/c1-3-5-18(6-4-2)11-8-9(12(14,15)16)7-10(13)17-11/h7-8H,3-6H2,1-2H3. The Morgan fingerprint density at radius 1 is 1.17 bits per heavy atom.